The Morgan fingerprint density at radius 2 is 1.79 bits per heavy atom. The lowest BCUT2D eigenvalue weighted by Gasteiger charge is -2.16. The number of fused-ring (bicyclic) bond motifs is 1. The van der Waals surface area contributed by atoms with Crippen molar-refractivity contribution >= 4 is 16.8 Å². The van der Waals surface area contributed by atoms with Gasteiger partial charge in [0, 0.05) is 6.04 Å². The van der Waals surface area contributed by atoms with Gasteiger partial charge in [-0.2, -0.15) is 0 Å². The molecule has 0 spiro atoms. The number of amides is 1. The lowest BCUT2D eigenvalue weighted by atomic mass is 10.2. The molecule has 1 aromatic heterocycles. The van der Waals surface area contributed by atoms with Crippen LogP contribution in [0.15, 0.2) is 58.1 Å². The fourth-order valence-corrected chi connectivity index (χ4v) is 3.00. The minimum absolute atomic E-state index is 0.00181. The van der Waals surface area contributed by atoms with Crippen LogP contribution in [0.4, 0.5) is 0 Å². The van der Waals surface area contributed by atoms with Gasteiger partial charge in [-0.3, -0.25) is 14.2 Å². The van der Waals surface area contributed by atoms with Crippen LogP contribution in [0.1, 0.15) is 20.3 Å². The molecule has 0 radical (unpaired) electrons. The van der Waals surface area contributed by atoms with E-state index >= 15 is 0 Å². The van der Waals surface area contributed by atoms with Crippen molar-refractivity contribution < 1.29 is 9.53 Å². The number of carbonyl (C=O) groups is 1. The minimum atomic E-state index is -0.562. The Morgan fingerprint density at radius 1 is 1.11 bits per heavy atom. The summed E-state index contributed by atoms with van der Waals surface area (Å²) >= 11 is 0. The number of methoxy groups -OCH3 is 1. The molecule has 1 heterocycles. The van der Waals surface area contributed by atoms with Gasteiger partial charge in [0.25, 0.3) is 5.56 Å². The fraction of sp³-hybridized carbons (Fsp3) is 0.286. The lowest BCUT2D eigenvalue weighted by molar-refractivity contribution is -0.122. The van der Waals surface area contributed by atoms with Crippen molar-refractivity contribution in [2.75, 3.05) is 7.11 Å². The smallest absolute Gasteiger partial charge is 0.336 e. The van der Waals surface area contributed by atoms with Crippen LogP contribution in [0.3, 0.4) is 0 Å². The fourth-order valence-electron chi connectivity index (χ4n) is 3.00. The average Bonchev–Trinajstić information content (AvgIpc) is 2.71. The zero-order valence-electron chi connectivity index (χ0n) is 16.1. The first kappa shape index (κ1) is 19.4. The summed E-state index contributed by atoms with van der Waals surface area (Å²) in [6, 6.07) is 13.4. The van der Waals surface area contributed by atoms with Gasteiger partial charge in [-0.25, -0.2) is 9.36 Å². The molecule has 0 bridgehead atoms. The van der Waals surface area contributed by atoms with Gasteiger partial charge in [-0.15, -0.1) is 0 Å². The third-order valence-corrected chi connectivity index (χ3v) is 4.70. The minimum Gasteiger partial charge on any atom is -0.497 e. The molecule has 0 saturated heterocycles. The number of benzene rings is 2. The Kier molecular flexibility index (Phi) is 5.63. The average molecular weight is 381 g/mol. The molecular formula is C21H23N3O4. The van der Waals surface area contributed by atoms with Crippen LogP contribution in [0, 0.1) is 0 Å². The maximum Gasteiger partial charge on any atom is 0.336 e. The molecule has 1 atom stereocenters. The molecular weight excluding hydrogens is 358 g/mol. The second-order valence-electron chi connectivity index (χ2n) is 6.60. The van der Waals surface area contributed by atoms with E-state index in [2.05, 4.69) is 5.32 Å². The van der Waals surface area contributed by atoms with Crippen LogP contribution in [-0.2, 0) is 11.3 Å². The molecule has 0 fully saturated rings. The third kappa shape index (κ3) is 3.69. The summed E-state index contributed by atoms with van der Waals surface area (Å²) in [7, 11) is 1.54. The van der Waals surface area contributed by atoms with Crippen molar-refractivity contribution in [3.8, 4) is 11.4 Å². The normalized spacial score (nSPS) is 12.0. The van der Waals surface area contributed by atoms with Gasteiger partial charge in [-0.1, -0.05) is 19.1 Å². The summed E-state index contributed by atoms with van der Waals surface area (Å²) in [5.74, 6) is 0.340. The first-order valence-corrected chi connectivity index (χ1v) is 9.14. The summed E-state index contributed by atoms with van der Waals surface area (Å²) in [4.78, 5) is 38.6. The van der Waals surface area contributed by atoms with E-state index < -0.39 is 11.2 Å². The predicted molar refractivity (Wildman–Crippen MR) is 108 cm³/mol. The maximum atomic E-state index is 13.2. The molecule has 0 aliphatic rings. The monoisotopic (exact) mass is 381 g/mol. The van der Waals surface area contributed by atoms with Gasteiger partial charge < -0.3 is 10.1 Å². The highest BCUT2D eigenvalue weighted by molar-refractivity contribution is 5.82. The van der Waals surface area contributed by atoms with Gasteiger partial charge in [0.05, 0.1) is 23.7 Å². The summed E-state index contributed by atoms with van der Waals surface area (Å²) in [6.07, 6.45) is 0.784. The summed E-state index contributed by atoms with van der Waals surface area (Å²) in [5, 5.41) is 3.23. The van der Waals surface area contributed by atoms with Crippen molar-refractivity contribution in [1.29, 1.82) is 0 Å². The van der Waals surface area contributed by atoms with Crippen LogP contribution < -0.4 is 21.3 Å². The van der Waals surface area contributed by atoms with Gasteiger partial charge >= 0.3 is 5.69 Å². The van der Waals surface area contributed by atoms with Gasteiger partial charge in [0.1, 0.15) is 12.3 Å². The van der Waals surface area contributed by atoms with Crippen LogP contribution in [0.5, 0.6) is 5.75 Å². The predicted octanol–water partition coefficient (Wildman–Crippen LogP) is 2.08. The largest absolute Gasteiger partial charge is 0.497 e. The molecule has 7 heteroatoms. The van der Waals surface area contributed by atoms with E-state index in [0.29, 0.717) is 22.3 Å². The van der Waals surface area contributed by atoms with Crippen LogP contribution in [0.25, 0.3) is 16.6 Å². The Hall–Kier alpha value is -3.35. The molecule has 146 valence electrons. The Balaban J connectivity index is 2.18. The molecule has 0 aliphatic heterocycles. The topological polar surface area (TPSA) is 82.3 Å². The Labute approximate surface area is 162 Å². The Bertz CT molecular complexity index is 1110. The molecule has 0 saturated carbocycles. The Morgan fingerprint density at radius 3 is 2.43 bits per heavy atom. The molecule has 1 amide bonds. The SMILES string of the molecule is CCC(C)NC(=O)Cn1c(=O)n(-c2ccc(OC)cc2)c(=O)c2ccccc21. The van der Waals surface area contributed by atoms with E-state index in [0.717, 1.165) is 11.0 Å². The van der Waals surface area contributed by atoms with Crippen molar-refractivity contribution in [3.63, 3.8) is 0 Å². The number of carbonyl (C=O) groups excluding carboxylic acids is 1. The van der Waals surface area contributed by atoms with Gasteiger partial charge in [-0.05, 0) is 49.7 Å². The molecule has 28 heavy (non-hydrogen) atoms. The van der Waals surface area contributed by atoms with Crippen LogP contribution >= 0.6 is 0 Å². The van der Waals surface area contributed by atoms with E-state index in [1.807, 2.05) is 13.8 Å². The van der Waals surface area contributed by atoms with Gasteiger partial charge in [0.2, 0.25) is 5.91 Å². The molecule has 1 unspecified atom stereocenters. The first-order chi connectivity index (χ1) is 13.5. The van der Waals surface area contributed by atoms with Crippen molar-refractivity contribution in [2.24, 2.45) is 0 Å². The highest BCUT2D eigenvalue weighted by Gasteiger charge is 2.17. The number of hydrogen-bond donors (Lipinski definition) is 1. The maximum absolute atomic E-state index is 13.2. The van der Waals surface area contributed by atoms with E-state index in [1.165, 1.54) is 4.57 Å². The quantitative estimate of drug-likeness (QED) is 0.709. The molecule has 1 N–H and O–H groups in total. The molecule has 7 nitrogen and oxygen atoms in total. The number of hydrogen-bond acceptors (Lipinski definition) is 4. The lowest BCUT2D eigenvalue weighted by Crippen LogP contribution is -2.43. The van der Waals surface area contributed by atoms with E-state index in [-0.39, 0.29) is 18.5 Å². The van der Waals surface area contributed by atoms with Crippen LogP contribution in [0.2, 0.25) is 0 Å². The summed E-state index contributed by atoms with van der Waals surface area (Å²) < 4.78 is 7.55. The number of nitrogens with zero attached hydrogens (tertiary/aromatic N) is 2. The molecule has 3 rings (SSSR count). The second kappa shape index (κ2) is 8.12. The highest BCUT2D eigenvalue weighted by atomic mass is 16.5. The number of ether oxygens (including phenoxy) is 1. The zero-order chi connectivity index (χ0) is 20.3. The number of nitrogens with one attached hydrogen (secondary N) is 1. The number of para-hydroxylation sites is 1. The van der Waals surface area contributed by atoms with Crippen LogP contribution in [-0.4, -0.2) is 28.2 Å². The number of aromatic nitrogens is 2. The molecule has 3 aromatic rings. The summed E-state index contributed by atoms with van der Waals surface area (Å²) in [6.45, 7) is 3.70. The van der Waals surface area contributed by atoms with E-state index in [4.69, 9.17) is 4.74 Å². The van der Waals surface area contributed by atoms with E-state index in [9.17, 15) is 14.4 Å². The van der Waals surface area contributed by atoms with Gasteiger partial charge in [0.15, 0.2) is 0 Å². The highest BCUT2D eigenvalue weighted by Crippen LogP contribution is 2.14. The third-order valence-electron chi connectivity index (χ3n) is 4.70. The molecule has 2 aromatic carbocycles. The zero-order valence-corrected chi connectivity index (χ0v) is 16.1. The summed E-state index contributed by atoms with van der Waals surface area (Å²) in [5.41, 5.74) is -0.142. The van der Waals surface area contributed by atoms with Crippen molar-refractivity contribution in [2.45, 2.75) is 32.9 Å². The molecule has 0 aliphatic carbocycles. The first-order valence-electron chi connectivity index (χ1n) is 9.14. The van der Waals surface area contributed by atoms with Crippen molar-refractivity contribution in [1.82, 2.24) is 14.5 Å². The van der Waals surface area contributed by atoms with Crippen molar-refractivity contribution in [3.05, 3.63) is 69.4 Å². The second-order valence-corrected chi connectivity index (χ2v) is 6.60. The number of rotatable bonds is 6. The standard InChI is InChI=1S/C21H23N3O4/c1-4-14(2)22-19(25)13-23-18-8-6-5-7-17(18)20(26)24(21(23)27)15-9-11-16(28-3)12-10-15/h5-12,14H,4,13H2,1-3H3,(H,22,25). The van der Waals surface area contributed by atoms with E-state index in [1.54, 1.807) is 55.6 Å².